The van der Waals surface area contributed by atoms with Crippen molar-refractivity contribution in [3.05, 3.63) is 168 Å². The van der Waals surface area contributed by atoms with Gasteiger partial charge >= 0.3 is 0 Å². The topological polar surface area (TPSA) is 8.17 Å². The average Bonchev–Trinajstić information content (AvgIpc) is 3.61. The minimum absolute atomic E-state index is 0.0484. The lowest BCUT2D eigenvalue weighted by Gasteiger charge is -2.42. The molecule has 0 atom stereocenters. The molecule has 1 heterocycles. The summed E-state index contributed by atoms with van der Waals surface area (Å²) in [6.45, 7) is 14.4. The molecular weight excluding hydrogens is 641 g/mol. The fourth-order valence-electron chi connectivity index (χ4n) is 9.77. The van der Waals surface area contributed by atoms with Gasteiger partial charge < -0.3 is 9.47 Å². The van der Waals surface area contributed by atoms with Crippen LogP contribution in [0.4, 0.5) is 17.1 Å². The summed E-state index contributed by atoms with van der Waals surface area (Å²) in [5.41, 5.74) is 15.8. The third-order valence-corrected chi connectivity index (χ3v) is 12.8. The summed E-state index contributed by atoms with van der Waals surface area (Å²) in [5.74, 6) is 0. The molecule has 0 spiro atoms. The van der Waals surface area contributed by atoms with E-state index in [1.165, 1.54) is 90.2 Å². The van der Waals surface area contributed by atoms with Crippen LogP contribution in [0.3, 0.4) is 0 Å². The van der Waals surface area contributed by atoms with E-state index in [0.717, 1.165) is 11.4 Å². The lowest BCUT2D eigenvalue weighted by molar-refractivity contribution is 0.332. The van der Waals surface area contributed by atoms with Gasteiger partial charge in [0.15, 0.2) is 0 Å². The van der Waals surface area contributed by atoms with E-state index in [0.29, 0.717) is 0 Å². The molecule has 0 bridgehead atoms. The Labute approximate surface area is 313 Å². The summed E-state index contributed by atoms with van der Waals surface area (Å²) in [6.07, 6.45) is 2.40. The summed E-state index contributed by atoms with van der Waals surface area (Å²) in [4.78, 5) is 2.48. The molecule has 2 aliphatic rings. The maximum absolute atomic E-state index is 2.51. The number of para-hydroxylation sites is 1. The second-order valence-electron chi connectivity index (χ2n) is 17.3. The number of nitrogens with zero attached hydrogens (tertiary/aromatic N) is 2. The summed E-state index contributed by atoms with van der Waals surface area (Å²) in [5, 5.41) is 5.01. The van der Waals surface area contributed by atoms with Crippen molar-refractivity contribution >= 4 is 49.6 Å². The number of rotatable bonds is 4. The Morgan fingerprint density at radius 3 is 1.92 bits per heavy atom. The highest BCUT2D eigenvalue weighted by Gasteiger charge is 2.38. The lowest BCUT2D eigenvalue weighted by atomic mass is 9.63. The smallest absolute Gasteiger partial charge is 0.0561 e. The van der Waals surface area contributed by atoms with E-state index in [1.54, 1.807) is 0 Å². The summed E-state index contributed by atoms with van der Waals surface area (Å²) in [6, 6.07) is 54.8. The molecule has 0 saturated carbocycles. The maximum atomic E-state index is 2.51. The first-order chi connectivity index (χ1) is 25.5. The van der Waals surface area contributed by atoms with Crippen LogP contribution in [0.25, 0.3) is 49.4 Å². The fraction of sp³-hybridized carbons (Fsp3) is 0.216. The highest BCUT2D eigenvalue weighted by atomic mass is 15.1. The highest BCUT2D eigenvalue weighted by Crippen LogP contribution is 2.52. The van der Waals surface area contributed by atoms with Crippen LogP contribution >= 0.6 is 0 Å². The molecule has 260 valence electrons. The van der Waals surface area contributed by atoms with Crippen LogP contribution in [0.1, 0.15) is 76.6 Å². The Balaban J connectivity index is 1.24. The molecule has 2 heteroatoms. The molecule has 0 N–H and O–H groups in total. The first-order valence-corrected chi connectivity index (χ1v) is 19.2. The monoisotopic (exact) mass is 686 g/mol. The van der Waals surface area contributed by atoms with Crippen molar-refractivity contribution in [1.82, 2.24) is 4.57 Å². The molecule has 8 aromatic rings. The minimum atomic E-state index is -0.0484. The van der Waals surface area contributed by atoms with Crippen molar-refractivity contribution in [3.63, 3.8) is 0 Å². The Bertz CT molecular complexity index is 2770. The van der Waals surface area contributed by atoms with Gasteiger partial charge in [-0.2, -0.15) is 0 Å². The van der Waals surface area contributed by atoms with Crippen molar-refractivity contribution in [2.45, 2.75) is 70.6 Å². The predicted octanol–water partition coefficient (Wildman–Crippen LogP) is 14.1. The number of benzene rings is 7. The van der Waals surface area contributed by atoms with Gasteiger partial charge in [-0.1, -0.05) is 139 Å². The van der Waals surface area contributed by atoms with Gasteiger partial charge in [-0.15, -0.1) is 0 Å². The molecule has 7 aromatic carbocycles. The predicted molar refractivity (Wildman–Crippen MR) is 226 cm³/mol. The molecule has 2 aliphatic carbocycles. The van der Waals surface area contributed by atoms with Gasteiger partial charge in [-0.3, -0.25) is 0 Å². The summed E-state index contributed by atoms with van der Waals surface area (Å²) in [7, 11) is 0. The standard InChI is InChI=1S/C51H46N2/c1-49(2)28-29-50(3,4)45-31-35(24-27-44(45)49)53-47-20-12-10-18-39(47)40-25-22-36(32-48(40)53)52(46-21-13-15-33-14-7-8-16-37(33)46)34-23-26-43-41(30-34)38-17-9-11-19-42(38)51(43,5)6/h7-27,30-32H,28-29H2,1-6H3. The van der Waals surface area contributed by atoms with Crippen molar-refractivity contribution in [2.24, 2.45) is 0 Å². The van der Waals surface area contributed by atoms with Crippen LogP contribution < -0.4 is 4.90 Å². The van der Waals surface area contributed by atoms with E-state index < -0.39 is 0 Å². The molecule has 0 saturated heterocycles. The fourth-order valence-corrected chi connectivity index (χ4v) is 9.77. The molecule has 10 rings (SSSR count). The van der Waals surface area contributed by atoms with E-state index in [-0.39, 0.29) is 16.2 Å². The summed E-state index contributed by atoms with van der Waals surface area (Å²) >= 11 is 0. The van der Waals surface area contributed by atoms with Crippen LogP contribution in [0.5, 0.6) is 0 Å². The molecular formula is C51H46N2. The normalized spacial score (nSPS) is 16.4. The zero-order chi connectivity index (χ0) is 36.3. The largest absolute Gasteiger partial charge is 0.310 e. The Morgan fingerprint density at radius 1 is 0.453 bits per heavy atom. The number of hydrogen-bond donors (Lipinski definition) is 0. The first-order valence-electron chi connectivity index (χ1n) is 19.2. The number of anilines is 3. The van der Waals surface area contributed by atoms with Gasteiger partial charge in [0.25, 0.3) is 0 Å². The number of fused-ring (bicyclic) bond motifs is 8. The van der Waals surface area contributed by atoms with Crippen LogP contribution in [-0.4, -0.2) is 4.57 Å². The number of hydrogen-bond acceptors (Lipinski definition) is 1. The Hall–Kier alpha value is -5.60. The van der Waals surface area contributed by atoms with Gasteiger partial charge in [-0.25, -0.2) is 0 Å². The van der Waals surface area contributed by atoms with Gasteiger partial charge in [0.05, 0.1) is 16.7 Å². The maximum Gasteiger partial charge on any atom is 0.0561 e. The first kappa shape index (κ1) is 32.1. The van der Waals surface area contributed by atoms with Crippen LogP contribution in [0.2, 0.25) is 0 Å². The van der Waals surface area contributed by atoms with Gasteiger partial charge in [0.1, 0.15) is 0 Å². The Morgan fingerprint density at radius 2 is 1.08 bits per heavy atom. The zero-order valence-corrected chi connectivity index (χ0v) is 31.7. The minimum Gasteiger partial charge on any atom is -0.310 e. The van der Waals surface area contributed by atoms with Gasteiger partial charge in [0, 0.05) is 38.6 Å². The second kappa shape index (κ2) is 11.2. The van der Waals surface area contributed by atoms with E-state index >= 15 is 0 Å². The molecule has 0 radical (unpaired) electrons. The van der Waals surface area contributed by atoms with Crippen molar-refractivity contribution in [1.29, 1.82) is 0 Å². The van der Waals surface area contributed by atoms with Crippen LogP contribution in [0.15, 0.2) is 146 Å². The van der Waals surface area contributed by atoms with E-state index in [9.17, 15) is 0 Å². The van der Waals surface area contributed by atoms with E-state index in [4.69, 9.17) is 0 Å². The van der Waals surface area contributed by atoms with Gasteiger partial charge in [0.2, 0.25) is 0 Å². The van der Waals surface area contributed by atoms with Crippen LogP contribution in [-0.2, 0) is 16.2 Å². The lowest BCUT2D eigenvalue weighted by Crippen LogP contribution is -2.33. The molecule has 0 aliphatic heterocycles. The second-order valence-corrected chi connectivity index (χ2v) is 17.3. The van der Waals surface area contributed by atoms with Crippen molar-refractivity contribution in [3.8, 4) is 16.8 Å². The van der Waals surface area contributed by atoms with Crippen LogP contribution in [0, 0.1) is 0 Å². The SMILES string of the molecule is CC1(C)CCC(C)(C)c2cc(-n3c4ccccc4c4ccc(N(c5ccc6c(c5)-c5ccccc5C6(C)C)c5cccc6ccccc56)cc43)ccc21. The third-order valence-electron chi connectivity index (χ3n) is 12.8. The third kappa shape index (κ3) is 4.71. The molecule has 53 heavy (non-hydrogen) atoms. The highest BCUT2D eigenvalue weighted by molar-refractivity contribution is 6.11. The Kier molecular flexibility index (Phi) is 6.78. The molecule has 1 aromatic heterocycles. The van der Waals surface area contributed by atoms with Crippen molar-refractivity contribution < 1.29 is 0 Å². The molecule has 0 unspecified atom stereocenters. The summed E-state index contributed by atoms with van der Waals surface area (Å²) < 4.78 is 2.51. The molecule has 2 nitrogen and oxygen atoms in total. The number of aromatic nitrogens is 1. The quantitative estimate of drug-likeness (QED) is 0.179. The zero-order valence-electron chi connectivity index (χ0n) is 31.7. The van der Waals surface area contributed by atoms with E-state index in [1.807, 2.05) is 0 Å². The van der Waals surface area contributed by atoms with Gasteiger partial charge in [-0.05, 0) is 111 Å². The van der Waals surface area contributed by atoms with E-state index in [2.05, 4.69) is 197 Å². The molecule has 0 amide bonds. The van der Waals surface area contributed by atoms with Crippen molar-refractivity contribution in [2.75, 3.05) is 4.90 Å². The average molecular weight is 687 g/mol. The molecule has 0 fully saturated rings.